The minimum Gasteiger partial charge on any atom is -0.507 e. The van der Waals surface area contributed by atoms with E-state index >= 15 is 0 Å². The summed E-state index contributed by atoms with van der Waals surface area (Å²) in [6.07, 6.45) is 4.25. The van der Waals surface area contributed by atoms with E-state index in [9.17, 15) is 10.2 Å². The SMILES string of the molecule is Oc1ccc2ccccc2c1-c1c(O)c(Br)cc2c1CCCC2. The summed E-state index contributed by atoms with van der Waals surface area (Å²) in [4.78, 5) is 0. The molecule has 0 saturated heterocycles. The van der Waals surface area contributed by atoms with Crippen LogP contribution in [0.5, 0.6) is 11.5 Å². The number of fused-ring (bicyclic) bond motifs is 2. The average molecular weight is 369 g/mol. The highest BCUT2D eigenvalue weighted by Gasteiger charge is 2.23. The van der Waals surface area contributed by atoms with Gasteiger partial charge in [0.15, 0.2) is 0 Å². The molecule has 0 bridgehead atoms. The molecule has 2 N–H and O–H groups in total. The van der Waals surface area contributed by atoms with Gasteiger partial charge in [-0.2, -0.15) is 0 Å². The summed E-state index contributed by atoms with van der Waals surface area (Å²) in [7, 11) is 0. The normalized spacial score (nSPS) is 14.0. The lowest BCUT2D eigenvalue weighted by Crippen LogP contribution is -2.05. The Morgan fingerprint density at radius 3 is 2.52 bits per heavy atom. The molecule has 0 aliphatic heterocycles. The highest BCUT2D eigenvalue weighted by atomic mass is 79.9. The first-order valence-electron chi connectivity index (χ1n) is 7.91. The van der Waals surface area contributed by atoms with Crippen LogP contribution >= 0.6 is 15.9 Å². The van der Waals surface area contributed by atoms with E-state index in [1.54, 1.807) is 6.07 Å². The minimum absolute atomic E-state index is 0.213. The first-order chi connectivity index (χ1) is 11.2. The molecule has 0 radical (unpaired) electrons. The Labute approximate surface area is 143 Å². The van der Waals surface area contributed by atoms with Crippen molar-refractivity contribution >= 4 is 26.7 Å². The van der Waals surface area contributed by atoms with Crippen LogP contribution in [0.25, 0.3) is 21.9 Å². The Morgan fingerprint density at radius 1 is 0.870 bits per heavy atom. The molecule has 0 aromatic heterocycles. The standard InChI is InChI=1S/C20H17BrO2/c21-16-11-13-6-2-4-8-15(13)19(20(16)23)18-14-7-3-1-5-12(14)9-10-17(18)22/h1,3,5,7,9-11,22-23H,2,4,6,8H2. The molecule has 0 unspecified atom stereocenters. The average Bonchev–Trinajstić information content (AvgIpc) is 2.57. The van der Waals surface area contributed by atoms with Crippen molar-refractivity contribution in [3.63, 3.8) is 0 Å². The predicted octanol–water partition coefficient (Wildman–Crippen LogP) is 5.56. The second-order valence-electron chi connectivity index (χ2n) is 6.11. The zero-order chi connectivity index (χ0) is 16.0. The zero-order valence-electron chi connectivity index (χ0n) is 12.6. The predicted molar refractivity (Wildman–Crippen MR) is 97.1 cm³/mol. The molecule has 1 aliphatic carbocycles. The first kappa shape index (κ1) is 14.6. The molecule has 3 aromatic rings. The minimum atomic E-state index is 0.213. The summed E-state index contributed by atoms with van der Waals surface area (Å²) in [5, 5.41) is 23.3. The van der Waals surface area contributed by atoms with Crippen LogP contribution in [-0.4, -0.2) is 10.2 Å². The van der Waals surface area contributed by atoms with E-state index in [4.69, 9.17) is 0 Å². The maximum Gasteiger partial charge on any atom is 0.138 e. The van der Waals surface area contributed by atoms with Gasteiger partial charge >= 0.3 is 0 Å². The van der Waals surface area contributed by atoms with Crippen LogP contribution in [-0.2, 0) is 12.8 Å². The molecular formula is C20H17BrO2. The van der Waals surface area contributed by atoms with Gasteiger partial charge in [-0.1, -0.05) is 30.3 Å². The molecule has 3 aromatic carbocycles. The van der Waals surface area contributed by atoms with Crippen molar-refractivity contribution in [2.45, 2.75) is 25.7 Å². The van der Waals surface area contributed by atoms with E-state index in [-0.39, 0.29) is 11.5 Å². The van der Waals surface area contributed by atoms with Gasteiger partial charge < -0.3 is 10.2 Å². The van der Waals surface area contributed by atoms with Gasteiger partial charge in [0.05, 0.1) is 4.47 Å². The quantitative estimate of drug-likeness (QED) is 0.590. The molecule has 0 saturated carbocycles. The van der Waals surface area contributed by atoms with Gasteiger partial charge in [-0.15, -0.1) is 0 Å². The molecule has 4 rings (SSSR count). The topological polar surface area (TPSA) is 40.5 Å². The van der Waals surface area contributed by atoms with Crippen LogP contribution in [0.2, 0.25) is 0 Å². The Hall–Kier alpha value is -2.00. The summed E-state index contributed by atoms with van der Waals surface area (Å²) < 4.78 is 0.695. The first-order valence-corrected chi connectivity index (χ1v) is 8.70. The van der Waals surface area contributed by atoms with Crippen LogP contribution in [0.3, 0.4) is 0 Å². The number of halogens is 1. The summed E-state index contributed by atoms with van der Waals surface area (Å²) >= 11 is 3.48. The lowest BCUT2D eigenvalue weighted by Gasteiger charge is -2.23. The molecule has 0 amide bonds. The Morgan fingerprint density at radius 2 is 1.65 bits per heavy atom. The Bertz CT molecular complexity index is 915. The van der Waals surface area contributed by atoms with Crippen molar-refractivity contribution in [3.8, 4) is 22.6 Å². The summed E-state index contributed by atoms with van der Waals surface area (Å²) in [5.74, 6) is 0.433. The van der Waals surface area contributed by atoms with Crippen molar-refractivity contribution in [1.29, 1.82) is 0 Å². The van der Waals surface area contributed by atoms with Crippen molar-refractivity contribution in [1.82, 2.24) is 0 Å². The second-order valence-corrected chi connectivity index (χ2v) is 6.96. The Balaban J connectivity index is 2.13. The highest BCUT2D eigenvalue weighted by molar-refractivity contribution is 9.10. The number of phenols is 2. The molecule has 3 heteroatoms. The molecule has 0 atom stereocenters. The third-order valence-corrected chi connectivity index (χ3v) is 5.34. The van der Waals surface area contributed by atoms with Gasteiger partial charge in [0.25, 0.3) is 0 Å². The molecule has 0 heterocycles. The van der Waals surface area contributed by atoms with Gasteiger partial charge in [-0.25, -0.2) is 0 Å². The summed E-state index contributed by atoms with van der Waals surface area (Å²) in [5.41, 5.74) is 3.95. The molecule has 1 aliphatic rings. The number of aryl methyl sites for hydroxylation is 1. The molecule has 23 heavy (non-hydrogen) atoms. The maximum absolute atomic E-state index is 10.7. The van der Waals surface area contributed by atoms with Gasteiger partial charge in [0.1, 0.15) is 11.5 Å². The number of aromatic hydroxyl groups is 2. The number of benzene rings is 3. The van der Waals surface area contributed by atoms with E-state index in [0.29, 0.717) is 4.47 Å². The molecule has 116 valence electrons. The third-order valence-electron chi connectivity index (χ3n) is 4.73. The van der Waals surface area contributed by atoms with Crippen molar-refractivity contribution in [2.75, 3.05) is 0 Å². The number of phenolic OH excluding ortho intramolecular Hbond substituents is 2. The molecule has 0 fully saturated rings. The molecule has 0 spiro atoms. The second kappa shape index (κ2) is 5.57. The van der Waals surface area contributed by atoms with Crippen molar-refractivity contribution in [2.24, 2.45) is 0 Å². The zero-order valence-corrected chi connectivity index (χ0v) is 14.2. The van der Waals surface area contributed by atoms with Crippen molar-refractivity contribution in [3.05, 3.63) is 58.1 Å². The smallest absolute Gasteiger partial charge is 0.138 e. The van der Waals surface area contributed by atoms with E-state index in [0.717, 1.165) is 41.2 Å². The van der Waals surface area contributed by atoms with Crippen LogP contribution in [0.15, 0.2) is 46.9 Å². The summed E-state index contributed by atoms with van der Waals surface area (Å²) in [6.45, 7) is 0. The lowest BCUT2D eigenvalue weighted by atomic mass is 9.84. The van der Waals surface area contributed by atoms with Gasteiger partial charge in [-0.3, -0.25) is 0 Å². The van der Waals surface area contributed by atoms with E-state index in [1.165, 1.54) is 17.5 Å². The lowest BCUT2D eigenvalue weighted by molar-refractivity contribution is 0.466. The van der Waals surface area contributed by atoms with Crippen LogP contribution in [0, 0.1) is 0 Å². The van der Waals surface area contributed by atoms with Gasteiger partial charge in [-0.05, 0) is 75.6 Å². The van der Waals surface area contributed by atoms with Crippen LogP contribution in [0.4, 0.5) is 0 Å². The third kappa shape index (κ3) is 2.31. The van der Waals surface area contributed by atoms with E-state index in [1.807, 2.05) is 36.4 Å². The maximum atomic E-state index is 10.7. The Kier molecular flexibility index (Phi) is 3.53. The van der Waals surface area contributed by atoms with Crippen LogP contribution < -0.4 is 0 Å². The summed E-state index contributed by atoms with van der Waals surface area (Å²) in [6, 6.07) is 13.6. The number of hydrogen-bond donors (Lipinski definition) is 2. The van der Waals surface area contributed by atoms with E-state index in [2.05, 4.69) is 15.9 Å². The van der Waals surface area contributed by atoms with E-state index < -0.39 is 0 Å². The largest absolute Gasteiger partial charge is 0.507 e. The van der Waals surface area contributed by atoms with Gasteiger partial charge in [0.2, 0.25) is 0 Å². The molecule has 2 nitrogen and oxygen atoms in total. The molecular weight excluding hydrogens is 352 g/mol. The van der Waals surface area contributed by atoms with Gasteiger partial charge in [0, 0.05) is 11.1 Å². The van der Waals surface area contributed by atoms with Crippen LogP contribution in [0.1, 0.15) is 24.0 Å². The fourth-order valence-electron chi connectivity index (χ4n) is 3.65. The fourth-order valence-corrected chi connectivity index (χ4v) is 4.12. The number of rotatable bonds is 1. The monoisotopic (exact) mass is 368 g/mol. The fraction of sp³-hybridized carbons (Fsp3) is 0.200. The highest BCUT2D eigenvalue weighted by Crippen LogP contribution is 2.47. The number of hydrogen-bond acceptors (Lipinski definition) is 2. The van der Waals surface area contributed by atoms with Crippen molar-refractivity contribution < 1.29 is 10.2 Å².